The van der Waals surface area contributed by atoms with E-state index >= 15 is 0 Å². The maximum Gasteiger partial charge on any atom is 0.264 e. The first-order valence-electron chi connectivity index (χ1n) is 5.24. The van der Waals surface area contributed by atoms with E-state index in [1.807, 2.05) is 0 Å². The summed E-state index contributed by atoms with van der Waals surface area (Å²) in [6, 6.07) is 0. The number of ether oxygens (including phenoxy) is 3. The first-order chi connectivity index (χ1) is 7.72. The van der Waals surface area contributed by atoms with Gasteiger partial charge in [0, 0.05) is 0 Å². The molecule has 98 valence electrons. The van der Waals surface area contributed by atoms with E-state index in [2.05, 4.69) is 6.58 Å². The zero-order valence-corrected chi connectivity index (χ0v) is 10.8. The fraction of sp³-hybridized carbons (Fsp3) is 0.800. The van der Waals surface area contributed by atoms with Crippen molar-refractivity contribution in [1.29, 1.82) is 0 Å². The molecule has 2 heterocycles. The van der Waals surface area contributed by atoms with Crippen LogP contribution in [0.25, 0.3) is 0 Å². The molecule has 0 radical (unpaired) electrons. The molecule has 0 aromatic heterocycles. The smallest absolute Gasteiger partial charge is 0.264 e. The van der Waals surface area contributed by atoms with Crippen molar-refractivity contribution in [3.05, 3.63) is 12.7 Å². The number of hydrogen-bond acceptors (Lipinski definition) is 6. The van der Waals surface area contributed by atoms with Crippen molar-refractivity contribution in [1.82, 2.24) is 0 Å². The van der Waals surface area contributed by atoms with E-state index in [1.165, 1.54) is 6.08 Å². The van der Waals surface area contributed by atoms with Gasteiger partial charge in [-0.15, -0.1) is 6.58 Å². The molecule has 0 spiro atoms. The van der Waals surface area contributed by atoms with Crippen LogP contribution >= 0.6 is 0 Å². The maximum atomic E-state index is 11.2. The lowest BCUT2D eigenvalue weighted by molar-refractivity contribution is -0.207. The predicted octanol–water partition coefficient (Wildman–Crippen LogP) is 0.394. The zero-order valence-electron chi connectivity index (χ0n) is 9.95. The molecule has 0 saturated carbocycles. The van der Waals surface area contributed by atoms with E-state index in [1.54, 1.807) is 13.8 Å². The Bertz CT molecular complexity index is 415. The quantitative estimate of drug-likeness (QED) is 0.542. The van der Waals surface area contributed by atoms with E-state index < -0.39 is 40.5 Å². The van der Waals surface area contributed by atoms with Crippen LogP contribution in [-0.4, -0.2) is 45.1 Å². The lowest BCUT2D eigenvalue weighted by Crippen LogP contribution is -2.37. The Morgan fingerprint density at radius 2 is 2.00 bits per heavy atom. The van der Waals surface area contributed by atoms with Crippen LogP contribution < -0.4 is 0 Å². The van der Waals surface area contributed by atoms with Crippen molar-refractivity contribution in [2.45, 2.75) is 44.2 Å². The minimum Gasteiger partial charge on any atom is -0.339 e. The van der Waals surface area contributed by atoms with Gasteiger partial charge < -0.3 is 14.2 Å². The van der Waals surface area contributed by atoms with Gasteiger partial charge in [-0.2, -0.15) is 8.42 Å². The fourth-order valence-electron chi connectivity index (χ4n) is 2.01. The van der Waals surface area contributed by atoms with E-state index in [0.29, 0.717) is 0 Å². The second-order valence-corrected chi connectivity index (χ2v) is 6.17. The first kappa shape index (κ1) is 13.0. The Labute approximate surface area is 101 Å². The summed E-state index contributed by atoms with van der Waals surface area (Å²) < 4.78 is 43.9. The Balaban J connectivity index is 2.19. The average Bonchev–Trinajstić information content (AvgIpc) is 2.58. The van der Waals surface area contributed by atoms with Crippen LogP contribution in [0, 0.1) is 0 Å². The van der Waals surface area contributed by atoms with Crippen LogP contribution in [0.4, 0.5) is 0 Å². The molecule has 0 unspecified atom stereocenters. The highest BCUT2D eigenvalue weighted by Gasteiger charge is 2.55. The monoisotopic (exact) mass is 264 g/mol. The predicted molar refractivity (Wildman–Crippen MR) is 58.6 cm³/mol. The normalized spacial score (nSPS) is 40.2. The third kappa shape index (κ3) is 2.69. The van der Waals surface area contributed by atoms with Crippen LogP contribution in [-0.2, 0) is 28.5 Å². The first-order valence-corrected chi connectivity index (χ1v) is 7.05. The van der Waals surface area contributed by atoms with Gasteiger partial charge in [0.25, 0.3) is 10.1 Å². The Morgan fingerprint density at radius 3 is 2.53 bits per heavy atom. The SMILES string of the molecule is C=C[C@@H]1O[C@@H]2OC(C)(C)O[C@H]2[C@H]1OS(C)(=O)=O. The molecule has 0 bridgehead atoms. The van der Waals surface area contributed by atoms with Gasteiger partial charge in [0.1, 0.15) is 18.3 Å². The van der Waals surface area contributed by atoms with Crippen LogP contribution in [0.1, 0.15) is 13.8 Å². The molecule has 4 atom stereocenters. The molecule has 6 nitrogen and oxygen atoms in total. The van der Waals surface area contributed by atoms with E-state index in [4.69, 9.17) is 18.4 Å². The highest BCUT2D eigenvalue weighted by molar-refractivity contribution is 7.86. The molecule has 2 fully saturated rings. The summed E-state index contributed by atoms with van der Waals surface area (Å²) in [6.07, 6.45) is -0.0393. The summed E-state index contributed by atoms with van der Waals surface area (Å²) in [5.74, 6) is -0.805. The Kier molecular flexibility index (Phi) is 3.07. The van der Waals surface area contributed by atoms with Crippen molar-refractivity contribution in [2.75, 3.05) is 6.26 Å². The molecule has 2 saturated heterocycles. The largest absolute Gasteiger partial charge is 0.339 e. The summed E-state index contributed by atoms with van der Waals surface area (Å²) in [5, 5.41) is 0. The minimum absolute atomic E-state index is 0.559. The molecule has 2 aliphatic rings. The molecule has 0 aliphatic carbocycles. The lowest BCUT2D eigenvalue weighted by Gasteiger charge is -2.23. The second-order valence-electron chi connectivity index (χ2n) is 4.57. The van der Waals surface area contributed by atoms with Gasteiger partial charge in [0.15, 0.2) is 12.1 Å². The number of fused-ring (bicyclic) bond motifs is 1. The highest BCUT2D eigenvalue weighted by atomic mass is 32.2. The van der Waals surface area contributed by atoms with Gasteiger partial charge in [0.2, 0.25) is 0 Å². The Hall–Kier alpha value is -0.470. The van der Waals surface area contributed by atoms with Gasteiger partial charge in [-0.3, -0.25) is 4.18 Å². The molecule has 7 heteroatoms. The highest BCUT2D eigenvalue weighted by Crippen LogP contribution is 2.39. The van der Waals surface area contributed by atoms with E-state index in [0.717, 1.165) is 6.26 Å². The molecule has 2 rings (SSSR count). The van der Waals surface area contributed by atoms with Gasteiger partial charge in [0.05, 0.1) is 6.26 Å². The summed E-state index contributed by atoms with van der Waals surface area (Å²) in [5.41, 5.74) is 0. The lowest BCUT2D eigenvalue weighted by atomic mass is 10.1. The number of hydrogen-bond donors (Lipinski definition) is 0. The molecule has 2 aliphatic heterocycles. The molecular formula is C10H16O6S. The van der Waals surface area contributed by atoms with Gasteiger partial charge >= 0.3 is 0 Å². The summed E-state index contributed by atoms with van der Waals surface area (Å²) in [4.78, 5) is 0. The molecular weight excluding hydrogens is 248 g/mol. The topological polar surface area (TPSA) is 71.1 Å². The van der Waals surface area contributed by atoms with Crippen molar-refractivity contribution in [2.24, 2.45) is 0 Å². The van der Waals surface area contributed by atoms with Crippen molar-refractivity contribution < 1.29 is 26.8 Å². The molecule has 0 aromatic rings. The van der Waals surface area contributed by atoms with Crippen molar-refractivity contribution in [3.8, 4) is 0 Å². The molecule has 0 N–H and O–H groups in total. The number of rotatable bonds is 3. The molecule has 0 aromatic carbocycles. The third-order valence-corrected chi connectivity index (χ3v) is 3.12. The minimum atomic E-state index is -3.59. The van der Waals surface area contributed by atoms with E-state index in [-0.39, 0.29) is 0 Å². The Morgan fingerprint density at radius 1 is 1.35 bits per heavy atom. The van der Waals surface area contributed by atoms with Crippen LogP contribution in [0.3, 0.4) is 0 Å². The van der Waals surface area contributed by atoms with Crippen LogP contribution in [0.5, 0.6) is 0 Å². The average molecular weight is 264 g/mol. The van der Waals surface area contributed by atoms with E-state index in [9.17, 15) is 8.42 Å². The van der Waals surface area contributed by atoms with Crippen molar-refractivity contribution in [3.63, 3.8) is 0 Å². The van der Waals surface area contributed by atoms with Gasteiger partial charge in [-0.25, -0.2) is 0 Å². The molecule has 17 heavy (non-hydrogen) atoms. The summed E-state index contributed by atoms with van der Waals surface area (Å²) in [7, 11) is -3.59. The third-order valence-electron chi connectivity index (χ3n) is 2.55. The van der Waals surface area contributed by atoms with Gasteiger partial charge in [-0.1, -0.05) is 6.08 Å². The zero-order chi connectivity index (χ0) is 12.8. The second kappa shape index (κ2) is 4.03. The van der Waals surface area contributed by atoms with Crippen molar-refractivity contribution >= 4 is 10.1 Å². The fourth-order valence-corrected chi connectivity index (χ4v) is 2.63. The standard InChI is InChI=1S/C10H16O6S/c1-5-6-7(16-17(4,11)12)8-9(13-6)15-10(2,3)14-8/h5-9H,1H2,2-4H3/t6-,7-,8-,9+/m0/s1. The molecule has 0 amide bonds. The summed E-state index contributed by atoms with van der Waals surface area (Å²) in [6.45, 7) is 7.04. The van der Waals surface area contributed by atoms with Gasteiger partial charge in [-0.05, 0) is 13.8 Å². The van der Waals surface area contributed by atoms with Crippen LogP contribution in [0.2, 0.25) is 0 Å². The maximum absolute atomic E-state index is 11.2. The van der Waals surface area contributed by atoms with Crippen LogP contribution in [0.15, 0.2) is 12.7 Å². The summed E-state index contributed by atoms with van der Waals surface area (Å²) >= 11 is 0.